The number of nitrogens with one attached hydrogen (secondary N) is 1. The molecule has 0 radical (unpaired) electrons. The van der Waals surface area contributed by atoms with Gasteiger partial charge in [0.2, 0.25) is 5.91 Å². The van der Waals surface area contributed by atoms with Crippen molar-refractivity contribution < 1.29 is 14.3 Å². The van der Waals surface area contributed by atoms with Gasteiger partial charge in [0.1, 0.15) is 6.61 Å². The lowest BCUT2D eigenvalue weighted by molar-refractivity contribution is -0.131. The molecule has 1 N–H and O–H groups in total. The minimum atomic E-state index is -0.119. The number of para-hydroxylation sites is 2. The van der Waals surface area contributed by atoms with Gasteiger partial charge in [-0.15, -0.1) is 0 Å². The molecule has 21 heavy (non-hydrogen) atoms. The number of hydrogen-bond acceptors (Lipinski definition) is 4. The van der Waals surface area contributed by atoms with E-state index in [0.29, 0.717) is 32.2 Å². The second-order valence-electron chi connectivity index (χ2n) is 5.63. The topological polar surface area (TPSA) is 50.8 Å². The first-order valence-corrected chi connectivity index (χ1v) is 7.42. The van der Waals surface area contributed by atoms with Crippen LogP contribution in [0.4, 0.5) is 0 Å². The van der Waals surface area contributed by atoms with E-state index in [1.165, 1.54) is 0 Å². The molecule has 1 aliphatic heterocycles. The lowest BCUT2D eigenvalue weighted by Crippen LogP contribution is -2.42. The number of carbonyl (C=O) groups is 1. The minimum absolute atomic E-state index is 0.116. The van der Waals surface area contributed by atoms with Crippen LogP contribution in [0.15, 0.2) is 24.3 Å². The number of rotatable bonds is 6. The molecule has 2 rings (SSSR count). The molecular formula is C16H24N2O3. The van der Waals surface area contributed by atoms with E-state index in [1.807, 2.05) is 31.3 Å². The number of likely N-dealkylation sites (N-methyl/N-ethyl adjacent to an activating group) is 1. The quantitative estimate of drug-likeness (QED) is 0.866. The van der Waals surface area contributed by atoms with E-state index in [9.17, 15) is 4.79 Å². The van der Waals surface area contributed by atoms with Crippen molar-refractivity contribution in [2.24, 2.45) is 0 Å². The average Bonchev–Trinajstić information content (AvgIpc) is 2.46. The van der Waals surface area contributed by atoms with Crippen LogP contribution in [-0.4, -0.2) is 49.7 Å². The Bertz CT molecular complexity index is 476. The fourth-order valence-electron chi connectivity index (χ4n) is 2.22. The Balaban J connectivity index is 1.78. The third-order valence-corrected chi connectivity index (χ3v) is 3.36. The summed E-state index contributed by atoms with van der Waals surface area (Å²) in [5.74, 6) is 1.63. The Hall–Kier alpha value is -1.75. The molecule has 0 aromatic heterocycles. The molecule has 1 aromatic rings. The third kappa shape index (κ3) is 4.63. The van der Waals surface area contributed by atoms with Gasteiger partial charge in [0.15, 0.2) is 17.6 Å². The number of nitrogens with zero attached hydrogens (tertiary/aromatic N) is 1. The van der Waals surface area contributed by atoms with Crippen LogP contribution in [0.2, 0.25) is 0 Å². The highest BCUT2D eigenvalue weighted by Gasteiger charge is 2.23. The van der Waals surface area contributed by atoms with Crippen LogP contribution >= 0.6 is 0 Å². The highest BCUT2D eigenvalue weighted by Crippen LogP contribution is 2.30. The Morgan fingerprint density at radius 1 is 1.38 bits per heavy atom. The van der Waals surface area contributed by atoms with Gasteiger partial charge in [0.05, 0.1) is 6.54 Å². The van der Waals surface area contributed by atoms with Gasteiger partial charge in [0.25, 0.3) is 0 Å². The molecule has 0 saturated heterocycles. The van der Waals surface area contributed by atoms with Crippen LogP contribution in [0.25, 0.3) is 0 Å². The number of fused-ring (bicyclic) bond motifs is 1. The van der Waals surface area contributed by atoms with Crippen LogP contribution in [0, 0.1) is 0 Å². The average molecular weight is 292 g/mol. The van der Waals surface area contributed by atoms with Crippen LogP contribution in [0.5, 0.6) is 11.5 Å². The molecule has 5 heteroatoms. The summed E-state index contributed by atoms with van der Waals surface area (Å²) in [6.07, 6.45) is 0.380. The second-order valence-corrected chi connectivity index (χ2v) is 5.63. The molecule has 1 unspecified atom stereocenters. The van der Waals surface area contributed by atoms with Gasteiger partial charge in [-0.3, -0.25) is 4.79 Å². The van der Waals surface area contributed by atoms with Crippen molar-refractivity contribution in [1.82, 2.24) is 10.2 Å². The Morgan fingerprint density at radius 3 is 2.81 bits per heavy atom. The van der Waals surface area contributed by atoms with Crippen molar-refractivity contribution >= 4 is 5.91 Å². The largest absolute Gasteiger partial charge is 0.486 e. The highest BCUT2D eigenvalue weighted by atomic mass is 16.6. The zero-order valence-corrected chi connectivity index (χ0v) is 13.0. The maximum Gasteiger partial charge on any atom is 0.223 e. The predicted molar refractivity (Wildman–Crippen MR) is 81.7 cm³/mol. The Morgan fingerprint density at radius 2 is 2.10 bits per heavy atom. The monoisotopic (exact) mass is 292 g/mol. The zero-order chi connectivity index (χ0) is 15.2. The molecule has 1 amide bonds. The highest BCUT2D eigenvalue weighted by molar-refractivity contribution is 5.76. The van der Waals surface area contributed by atoms with Crippen molar-refractivity contribution in [3.05, 3.63) is 24.3 Å². The first kappa shape index (κ1) is 15.6. The van der Waals surface area contributed by atoms with Crippen molar-refractivity contribution in [2.75, 3.05) is 26.7 Å². The summed E-state index contributed by atoms with van der Waals surface area (Å²) in [4.78, 5) is 13.7. The molecule has 0 aliphatic carbocycles. The Kier molecular flexibility index (Phi) is 5.44. The summed E-state index contributed by atoms with van der Waals surface area (Å²) >= 11 is 0. The summed E-state index contributed by atoms with van der Waals surface area (Å²) in [6.45, 7) is 5.84. The molecule has 0 bridgehead atoms. The summed E-state index contributed by atoms with van der Waals surface area (Å²) in [5, 5.41) is 3.24. The van der Waals surface area contributed by atoms with E-state index < -0.39 is 0 Å². The zero-order valence-electron chi connectivity index (χ0n) is 13.0. The van der Waals surface area contributed by atoms with Gasteiger partial charge in [0, 0.05) is 26.1 Å². The number of amides is 1. The van der Waals surface area contributed by atoms with Crippen LogP contribution < -0.4 is 14.8 Å². The van der Waals surface area contributed by atoms with Gasteiger partial charge in [-0.1, -0.05) is 26.0 Å². The first-order chi connectivity index (χ1) is 10.1. The van der Waals surface area contributed by atoms with Crippen LogP contribution in [-0.2, 0) is 4.79 Å². The number of hydrogen-bond donors (Lipinski definition) is 1. The van der Waals surface area contributed by atoms with Gasteiger partial charge >= 0.3 is 0 Å². The van der Waals surface area contributed by atoms with E-state index in [-0.39, 0.29) is 12.0 Å². The second kappa shape index (κ2) is 7.31. The molecule has 0 spiro atoms. The SMILES string of the molecule is CC(C)NCCC(=O)N(C)CC1COc2ccccc2O1. The van der Waals surface area contributed by atoms with Crippen LogP contribution in [0.3, 0.4) is 0 Å². The normalized spacial score (nSPS) is 16.9. The Labute approximate surface area is 126 Å². The molecule has 1 aromatic carbocycles. The fraction of sp³-hybridized carbons (Fsp3) is 0.562. The van der Waals surface area contributed by atoms with E-state index in [4.69, 9.17) is 9.47 Å². The van der Waals surface area contributed by atoms with Crippen molar-refractivity contribution in [2.45, 2.75) is 32.4 Å². The first-order valence-electron chi connectivity index (χ1n) is 7.42. The van der Waals surface area contributed by atoms with Gasteiger partial charge in [-0.05, 0) is 12.1 Å². The van der Waals surface area contributed by atoms with Crippen molar-refractivity contribution in [3.63, 3.8) is 0 Å². The van der Waals surface area contributed by atoms with Crippen LogP contribution in [0.1, 0.15) is 20.3 Å². The summed E-state index contributed by atoms with van der Waals surface area (Å²) < 4.78 is 11.5. The molecule has 1 aliphatic rings. The lowest BCUT2D eigenvalue weighted by atomic mass is 10.2. The molecule has 1 heterocycles. The number of ether oxygens (including phenoxy) is 2. The molecule has 1 atom stereocenters. The molecular weight excluding hydrogens is 268 g/mol. The molecule has 5 nitrogen and oxygen atoms in total. The summed E-state index contributed by atoms with van der Waals surface area (Å²) in [7, 11) is 1.81. The predicted octanol–water partition coefficient (Wildman–Crippen LogP) is 1.67. The maximum absolute atomic E-state index is 12.0. The van der Waals surface area contributed by atoms with Crippen molar-refractivity contribution in [3.8, 4) is 11.5 Å². The summed E-state index contributed by atoms with van der Waals surface area (Å²) in [6, 6.07) is 8.00. The molecule has 0 saturated carbocycles. The smallest absolute Gasteiger partial charge is 0.223 e. The van der Waals surface area contributed by atoms with Gasteiger partial charge in [-0.25, -0.2) is 0 Å². The van der Waals surface area contributed by atoms with E-state index in [1.54, 1.807) is 4.90 Å². The number of carbonyl (C=O) groups excluding carboxylic acids is 1. The van der Waals surface area contributed by atoms with E-state index in [0.717, 1.165) is 11.5 Å². The van der Waals surface area contributed by atoms with Gasteiger partial charge in [-0.2, -0.15) is 0 Å². The molecule has 116 valence electrons. The van der Waals surface area contributed by atoms with E-state index in [2.05, 4.69) is 19.2 Å². The minimum Gasteiger partial charge on any atom is -0.486 e. The number of benzene rings is 1. The summed E-state index contributed by atoms with van der Waals surface area (Å²) in [5.41, 5.74) is 0. The van der Waals surface area contributed by atoms with E-state index >= 15 is 0 Å². The lowest BCUT2D eigenvalue weighted by Gasteiger charge is -2.29. The van der Waals surface area contributed by atoms with Crippen molar-refractivity contribution in [1.29, 1.82) is 0 Å². The maximum atomic E-state index is 12.0. The fourth-order valence-corrected chi connectivity index (χ4v) is 2.22. The standard InChI is InChI=1S/C16H24N2O3/c1-12(2)17-9-8-16(19)18(3)10-13-11-20-14-6-4-5-7-15(14)21-13/h4-7,12-13,17H,8-11H2,1-3H3. The third-order valence-electron chi connectivity index (χ3n) is 3.36. The van der Waals surface area contributed by atoms with Gasteiger partial charge < -0.3 is 19.7 Å². The molecule has 0 fully saturated rings.